The first-order chi connectivity index (χ1) is 12.2. The van der Waals surface area contributed by atoms with Gasteiger partial charge in [0.15, 0.2) is 0 Å². The van der Waals surface area contributed by atoms with Gasteiger partial charge in [-0.05, 0) is 68.5 Å². The second kappa shape index (κ2) is 9.30. The molecule has 0 bridgehead atoms. The third-order valence-electron chi connectivity index (χ3n) is 4.87. The zero-order valence-corrected chi connectivity index (χ0v) is 16.1. The molecule has 0 aromatic heterocycles. The van der Waals surface area contributed by atoms with Crippen molar-refractivity contribution in [2.75, 3.05) is 19.7 Å². The molecule has 1 aromatic rings. The van der Waals surface area contributed by atoms with E-state index in [4.69, 9.17) is 4.74 Å². The smallest absolute Gasteiger partial charge is 0.258 e. The number of Topliss-reactive ketones (excluding diaryl/α,β-unsaturated/α-hetero) is 1. The minimum Gasteiger partial charge on any atom is -0.471 e. The third-order valence-corrected chi connectivity index (χ3v) is 5.36. The van der Waals surface area contributed by atoms with Crippen LogP contribution in [0.5, 0.6) is 0 Å². The minimum atomic E-state index is 0.0384. The van der Waals surface area contributed by atoms with E-state index in [-0.39, 0.29) is 11.7 Å². The van der Waals surface area contributed by atoms with E-state index in [1.165, 1.54) is 18.4 Å². The quantitative estimate of drug-likeness (QED) is 0.678. The second-order valence-corrected chi connectivity index (χ2v) is 7.71. The molecule has 0 radical (unpaired) electrons. The fourth-order valence-electron chi connectivity index (χ4n) is 3.47. The first-order valence-electron chi connectivity index (χ1n) is 9.06. The predicted molar refractivity (Wildman–Crippen MR) is 104 cm³/mol. The topological polar surface area (TPSA) is 41.9 Å². The van der Waals surface area contributed by atoms with Gasteiger partial charge in [0.1, 0.15) is 6.61 Å². The molecule has 0 N–H and O–H groups in total. The molecule has 0 aliphatic carbocycles. The summed E-state index contributed by atoms with van der Waals surface area (Å²) in [6.45, 7) is 3.77. The number of rotatable bonds is 7. The Balaban J connectivity index is 1.34. The molecule has 0 saturated carbocycles. The average Bonchev–Trinajstić information content (AvgIpc) is 2.64. The Labute approximate surface area is 158 Å². The van der Waals surface area contributed by atoms with Crippen LogP contribution in [-0.2, 0) is 16.1 Å². The highest BCUT2D eigenvalue weighted by Gasteiger charge is 2.20. The van der Waals surface area contributed by atoms with E-state index in [9.17, 15) is 4.79 Å². The van der Waals surface area contributed by atoms with E-state index in [1.54, 1.807) is 12.3 Å². The highest BCUT2D eigenvalue weighted by atomic mass is 79.9. The molecule has 1 aromatic carbocycles. The number of benzene rings is 1. The zero-order chi connectivity index (χ0) is 17.5. The normalized spacial score (nSPS) is 18.7. The molecule has 5 heteroatoms. The highest BCUT2D eigenvalue weighted by molar-refractivity contribution is 9.10. The van der Waals surface area contributed by atoms with Crippen LogP contribution in [-0.4, -0.2) is 36.3 Å². The summed E-state index contributed by atoms with van der Waals surface area (Å²) >= 11 is 3.54. The summed E-state index contributed by atoms with van der Waals surface area (Å²) in [5.74, 6) is 1.06. The van der Waals surface area contributed by atoms with Crippen molar-refractivity contribution in [3.63, 3.8) is 0 Å². The Morgan fingerprint density at radius 2 is 2.16 bits per heavy atom. The number of ether oxygens (including phenoxy) is 1. The van der Waals surface area contributed by atoms with Gasteiger partial charge < -0.3 is 4.74 Å². The first-order valence-corrected chi connectivity index (χ1v) is 9.85. The molecular weight excluding hydrogens is 380 g/mol. The van der Waals surface area contributed by atoms with E-state index in [0.717, 1.165) is 42.9 Å². The van der Waals surface area contributed by atoms with Crippen molar-refractivity contribution in [3.8, 4) is 0 Å². The molecule has 25 heavy (non-hydrogen) atoms. The lowest BCUT2D eigenvalue weighted by atomic mass is 9.91. The summed E-state index contributed by atoms with van der Waals surface area (Å²) in [6, 6.07) is 8.55. The first kappa shape index (κ1) is 18.3. The molecule has 4 nitrogen and oxygen atoms in total. The summed E-state index contributed by atoms with van der Waals surface area (Å²) < 4.78 is 6.41. The number of nitrogens with zero attached hydrogens (tertiary/aromatic N) is 2. The lowest BCUT2D eigenvalue weighted by molar-refractivity contribution is -0.114. The van der Waals surface area contributed by atoms with Crippen molar-refractivity contribution >= 4 is 27.6 Å². The third kappa shape index (κ3) is 5.79. The molecule has 2 aliphatic rings. The van der Waals surface area contributed by atoms with Crippen molar-refractivity contribution in [2.45, 2.75) is 38.6 Å². The fourth-order valence-corrected chi connectivity index (χ4v) is 3.91. The molecule has 1 fully saturated rings. The van der Waals surface area contributed by atoms with Gasteiger partial charge in [0.05, 0.1) is 0 Å². The van der Waals surface area contributed by atoms with Gasteiger partial charge in [0.25, 0.3) is 5.90 Å². The lowest BCUT2D eigenvalue weighted by Crippen LogP contribution is -2.33. The minimum absolute atomic E-state index is 0.0384. The van der Waals surface area contributed by atoms with Gasteiger partial charge in [-0.3, -0.25) is 9.69 Å². The second-order valence-electron chi connectivity index (χ2n) is 6.79. The highest BCUT2D eigenvalue weighted by Crippen LogP contribution is 2.24. The summed E-state index contributed by atoms with van der Waals surface area (Å²) in [4.78, 5) is 18.6. The monoisotopic (exact) mass is 404 g/mol. The Morgan fingerprint density at radius 1 is 1.32 bits per heavy atom. The zero-order valence-electron chi connectivity index (χ0n) is 14.5. The average molecular weight is 405 g/mol. The Morgan fingerprint density at radius 3 is 2.88 bits per heavy atom. The van der Waals surface area contributed by atoms with E-state index < -0.39 is 0 Å². The molecule has 134 valence electrons. The van der Waals surface area contributed by atoms with Crippen LogP contribution in [0.4, 0.5) is 0 Å². The summed E-state index contributed by atoms with van der Waals surface area (Å²) in [5.41, 5.74) is 1.36. The van der Waals surface area contributed by atoms with E-state index >= 15 is 0 Å². The van der Waals surface area contributed by atoms with Gasteiger partial charge in [-0.15, -0.1) is 0 Å². The van der Waals surface area contributed by atoms with Crippen LogP contribution >= 0.6 is 15.9 Å². The number of carbonyl (C=O) groups excluding carboxylic acids is 1. The van der Waals surface area contributed by atoms with Crippen LogP contribution in [0.15, 0.2) is 46.0 Å². The SMILES string of the molecule is O=C(CCCC1CCN(Cc2cccc(Br)c2)CC1)C1=NC=CCO1. The molecule has 0 unspecified atom stereocenters. The van der Waals surface area contributed by atoms with E-state index in [1.807, 2.05) is 0 Å². The van der Waals surface area contributed by atoms with E-state index in [0.29, 0.717) is 13.0 Å². The molecule has 2 heterocycles. The molecule has 0 spiro atoms. The number of halogens is 1. The summed E-state index contributed by atoms with van der Waals surface area (Å²) in [7, 11) is 0. The van der Waals surface area contributed by atoms with E-state index in [2.05, 4.69) is 50.1 Å². The van der Waals surface area contributed by atoms with Crippen molar-refractivity contribution < 1.29 is 9.53 Å². The number of ketones is 1. The maximum Gasteiger partial charge on any atom is 0.258 e. The van der Waals surface area contributed by atoms with Gasteiger partial charge >= 0.3 is 0 Å². The van der Waals surface area contributed by atoms with Crippen LogP contribution < -0.4 is 0 Å². The maximum absolute atomic E-state index is 12.0. The number of piperidine rings is 1. The van der Waals surface area contributed by atoms with Crippen LogP contribution in [0.2, 0.25) is 0 Å². The van der Waals surface area contributed by atoms with Gasteiger partial charge in [-0.1, -0.05) is 28.1 Å². The van der Waals surface area contributed by atoms with Gasteiger partial charge in [-0.2, -0.15) is 0 Å². The number of carbonyl (C=O) groups is 1. The van der Waals surface area contributed by atoms with Gasteiger partial charge in [-0.25, -0.2) is 4.99 Å². The molecule has 2 aliphatic heterocycles. The van der Waals surface area contributed by atoms with Crippen molar-refractivity contribution in [2.24, 2.45) is 10.9 Å². The fraction of sp³-hybridized carbons (Fsp3) is 0.500. The standard InChI is InChI=1S/C20H25BrN2O2/c21-18-6-1-5-17(14-18)15-23-11-8-16(9-12-23)4-2-7-19(24)20-22-10-3-13-25-20/h1,3,5-6,10,14,16H,2,4,7-9,11-13,15H2. The largest absolute Gasteiger partial charge is 0.471 e. The predicted octanol–water partition coefficient (Wildman–Crippen LogP) is 4.34. The molecule has 0 amide bonds. The van der Waals surface area contributed by atoms with Crippen molar-refractivity contribution in [1.82, 2.24) is 4.90 Å². The van der Waals surface area contributed by atoms with Crippen LogP contribution in [0.3, 0.4) is 0 Å². The number of hydrogen-bond acceptors (Lipinski definition) is 4. The summed E-state index contributed by atoms with van der Waals surface area (Å²) in [5, 5.41) is 0. The van der Waals surface area contributed by atoms with Crippen LogP contribution in [0.1, 0.15) is 37.7 Å². The van der Waals surface area contributed by atoms with Crippen molar-refractivity contribution in [1.29, 1.82) is 0 Å². The lowest BCUT2D eigenvalue weighted by Gasteiger charge is -2.32. The summed E-state index contributed by atoms with van der Waals surface area (Å²) in [6.07, 6.45) is 8.51. The molecular formula is C20H25BrN2O2. The number of aliphatic imine (C=N–C) groups is 1. The number of likely N-dealkylation sites (tertiary alicyclic amines) is 1. The Kier molecular flexibility index (Phi) is 6.82. The van der Waals surface area contributed by atoms with Crippen molar-refractivity contribution in [3.05, 3.63) is 46.6 Å². The van der Waals surface area contributed by atoms with Crippen LogP contribution in [0.25, 0.3) is 0 Å². The Hall–Kier alpha value is -1.46. The van der Waals surface area contributed by atoms with Gasteiger partial charge in [0, 0.05) is 23.6 Å². The molecule has 0 atom stereocenters. The number of hydrogen-bond donors (Lipinski definition) is 0. The molecule has 1 saturated heterocycles. The maximum atomic E-state index is 12.0. The van der Waals surface area contributed by atoms with Gasteiger partial charge in [0.2, 0.25) is 5.78 Å². The van der Waals surface area contributed by atoms with Crippen LogP contribution in [0, 0.1) is 5.92 Å². The Bertz CT molecular complexity index is 649. The molecule has 3 rings (SSSR count).